The molecule has 0 bridgehead atoms. The number of hydrogen-bond acceptors (Lipinski definition) is 4. The van der Waals surface area contributed by atoms with E-state index in [0.717, 1.165) is 17.7 Å². The first-order chi connectivity index (χ1) is 11.6. The maximum Gasteiger partial charge on any atom is 0.251 e. The molecule has 24 heavy (non-hydrogen) atoms. The molecule has 0 unspecified atom stereocenters. The first kappa shape index (κ1) is 17.0. The molecule has 2 aromatic rings. The number of carbonyl (C=O) groups excluding carboxylic acids is 1. The van der Waals surface area contributed by atoms with E-state index in [1.165, 1.54) is 4.90 Å². The Balaban J connectivity index is 1.82. The van der Waals surface area contributed by atoms with Crippen LogP contribution in [0.4, 0.5) is 0 Å². The van der Waals surface area contributed by atoms with Crippen LogP contribution in [0.3, 0.4) is 0 Å². The van der Waals surface area contributed by atoms with Crippen LogP contribution in [0, 0.1) is 0 Å². The maximum atomic E-state index is 12.6. The smallest absolute Gasteiger partial charge is 0.251 e. The van der Waals surface area contributed by atoms with Gasteiger partial charge in [-0.05, 0) is 48.4 Å². The Morgan fingerprint density at radius 2 is 1.96 bits per heavy atom. The van der Waals surface area contributed by atoms with Gasteiger partial charge >= 0.3 is 0 Å². The summed E-state index contributed by atoms with van der Waals surface area (Å²) in [7, 11) is 3.12. The Morgan fingerprint density at radius 1 is 1.17 bits per heavy atom. The summed E-state index contributed by atoms with van der Waals surface area (Å²) in [6, 6.07) is 10.9. The van der Waals surface area contributed by atoms with Gasteiger partial charge < -0.3 is 14.8 Å². The number of rotatable bonds is 4. The van der Waals surface area contributed by atoms with Crippen LogP contribution in [-0.4, -0.2) is 25.9 Å². The third kappa shape index (κ3) is 3.47. The number of carbonyl (C=O) groups is 1. The molecule has 0 aromatic heterocycles. The van der Waals surface area contributed by atoms with Gasteiger partial charge in [-0.1, -0.05) is 11.6 Å². The lowest BCUT2D eigenvalue weighted by Gasteiger charge is -2.26. The maximum absolute atomic E-state index is 12.6. The van der Waals surface area contributed by atoms with Gasteiger partial charge in [0, 0.05) is 21.2 Å². The zero-order chi connectivity index (χ0) is 17.1. The Kier molecular flexibility index (Phi) is 5.21. The van der Waals surface area contributed by atoms with Gasteiger partial charge in [-0.2, -0.15) is 0 Å². The summed E-state index contributed by atoms with van der Waals surface area (Å²) in [5, 5.41) is 3.78. The Hall–Kier alpha value is -1.85. The second-order valence-corrected chi connectivity index (χ2v) is 6.99. The van der Waals surface area contributed by atoms with E-state index >= 15 is 0 Å². The molecular weight excluding hydrogens is 346 g/mol. The van der Waals surface area contributed by atoms with Crippen LogP contribution in [0.2, 0.25) is 5.02 Å². The molecule has 1 aliphatic rings. The molecule has 0 fully saturated rings. The fraction of sp³-hybridized carbons (Fsp3) is 0.278. The summed E-state index contributed by atoms with van der Waals surface area (Å²) in [6.45, 7) is 0. The van der Waals surface area contributed by atoms with Crippen LogP contribution in [0.5, 0.6) is 11.5 Å². The van der Waals surface area contributed by atoms with Crippen LogP contribution in [0.15, 0.2) is 41.3 Å². The zero-order valence-corrected chi connectivity index (χ0v) is 15.0. The molecule has 1 heterocycles. The largest absolute Gasteiger partial charge is 0.493 e. The van der Waals surface area contributed by atoms with E-state index in [2.05, 4.69) is 5.32 Å². The van der Waals surface area contributed by atoms with Crippen LogP contribution in [0.1, 0.15) is 28.4 Å². The van der Waals surface area contributed by atoms with E-state index in [1.54, 1.807) is 44.2 Å². The molecular formula is C18H18ClNO3S. The molecule has 0 saturated heterocycles. The van der Waals surface area contributed by atoms with Gasteiger partial charge in [0.05, 0.1) is 20.3 Å². The van der Waals surface area contributed by atoms with Crippen molar-refractivity contribution < 1.29 is 14.3 Å². The fourth-order valence-electron chi connectivity index (χ4n) is 2.73. The van der Waals surface area contributed by atoms with E-state index in [1.807, 2.05) is 18.2 Å². The lowest BCUT2D eigenvalue weighted by molar-refractivity contribution is 0.0934. The topological polar surface area (TPSA) is 47.6 Å². The summed E-state index contributed by atoms with van der Waals surface area (Å²) >= 11 is 7.90. The second kappa shape index (κ2) is 7.36. The van der Waals surface area contributed by atoms with E-state index in [-0.39, 0.29) is 11.9 Å². The number of amides is 1. The van der Waals surface area contributed by atoms with Gasteiger partial charge in [0.15, 0.2) is 11.5 Å². The van der Waals surface area contributed by atoms with Crippen molar-refractivity contribution in [1.29, 1.82) is 0 Å². The average Bonchev–Trinajstić information content (AvgIpc) is 2.61. The summed E-state index contributed by atoms with van der Waals surface area (Å²) in [5.74, 6) is 1.96. The van der Waals surface area contributed by atoms with E-state index in [4.69, 9.17) is 21.1 Å². The molecule has 6 heteroatoms. The first-order valence-electron chi connectivity index (χ1n) is 7.57. The van der Waals surface area contributed by atoms with Gasteiger partial charge in [-0.15, -0.1) is 11.8 Å². The Morgan fingerprint density at radius 3 is 2.71 bits per heavy atom. The lowest BCUT2D eigenvalue weighted by atomic mass is 10.0. The number of ether oxygens (including phenoxy) is 2. The number of halogens is 1. The number of fused-ring (bicyclic) bond motifs is 1. The number of hydrogen-bond donors (Lipinski definition) is 1. The molecule has 4 nitrogen and oxygen atoms in total. The average molecular weight is 364 g/mol. The molecule has 2 aromatic carbocycles. The van der Waals surface area contributed by atoms with Crippen molar-refractivity contribution in [3.63, 3.8) is 0 Å². The highest BCUT2D eigenvalue weighted by Gasteiger charge is 2.23. The van der Waals surface area contributed by atoms with E-state index in [9.17, 15) is 4.79 Å². The molecule has 1 N–H and O–H groups in total. The van der Waals surface area contributed by atoms with Gasteiger partial charge in [-0.3, -0.25) is 4.79 Å². The van der Waals surface area contributed by atoms with Crippen LogP contribution < -0.4 is 14.8 Å². The van der Waals surface area contributed by atoms with Crippen LogP contribution >= 0.6 is 23.4 Å². The summed E-state index contributed by atoms with van der Waals surface area (Å²) in [6.07, 6.45) is 0.872. The third-order valence-corrected chi connectivity index (χ3v) is 5.32. The summed E-state index contributed by atoms with van der Waals surface area (Å²) < 4.78 is 10.5. The Labute approximate surface area is 150 Å². The number of thioether (sulfide) groups is 1. The van der Waals surface area contributed by atoms with Crippen molar-refractivity contribution >= 4 is 29.3 Å². The second-order valence-electron chi connectivity index (χ2n) is 5.42. The van der Waals surface area contributed by atoms with E-state index < -0.39 is 0 Å². The third-order valence-electron chi connectivity index (χ3n) is 3.96. The molecule has 126 valence electrons. The minimum Gasteiger partial charge on any atom is -0.493 e. The standard InChI is InChI=1S/C18H18ClNO3S/c1-22-15-5-3-11(9-16(15)23-2)18(21)20-14-7-8-24-17-6-4-12(19)10-13(14)17/h3-6,9-10,14H,7-8H2,1-2H3,(H,20,21)/t14-/m1/s1. The van der Waals surface area contributed by atoms with Gasteiger partial charge in [-0.25, -0.2) is 0 Å². The summed E-state index contributed by atoms with van der Waals surface area (Å²) in [5.41, 5.74) is 1.61. The van der Waals surface area contributed by atoms with Crippen molar-refractivity contribution in [1.82, 2.24) is 5.32 Å². The van der Waals surface area contributed by atoms with Gasteiger partial charge in [0.2, 0.25) is 0 Å². The lowest BCUT2D eigenvalue weighted by Crippen LogP contribution is -2.30. The molecule has 1 atom stereocenters. The first-order valence-corrected chi connectivity index (χ1v) is 8.94. The Bertz CT molecular complexity index is 766. The molecule has 0 spiro atoms. The van der Waals surface area contributed by atoms with Crippen LogP contribution in [-0.2, 0) is 0 Å². The van der Waals surface area contributed by atoms with Crippen molar-refractivity contribution in [2.24, 2.45) is 0 Å². The molecule has 1 aliphatic heterocycles. The summed E-state index contributed by atoms with van der Waals surface area (Å²) in [4.78, 5) is 13.8. The highest BCUT2D eigenvalue weighted by molar-refractivity contribution is 7.99. The van der Waals surface area contributed by atoms with Crippen LogP contribution in [0.25, 0.3) is 0 Å². The number of benzene rings is 2. The highest BCUT2D eigenvalue weighted by Crippen LogP contribution is 2.37. The predicted molar refractivity (Wildman–Crippen MR) is 96.5 cm³/mol. The van der Waals surface area contributed by atoms with Crippen molar-refractivity contribution in [3.8, 4) is 11.5 Å². The molecule has 3 rings (SSSR count). The van der Waals surface area contributed by atoms with Crippen molar-refractivity contribution in [2.75, 3.05) is 20.0 Å². The minimum absolute atomic E-state index is 0.0412. The van der Waals surface area contributed by atoms with Gasteiger partial charge in [0.25, 0.3) is 5.91 Å². The zero-order valence-electron chi connectivity index (χ0n) is 13.5. The monoisotopic (exact) mass is 363 g/mol. The normalized spacial score (nSPS) is 16.2. The SMILES string of the molecule is COc1ccc(C(=O)N[C@@H]2CCSc3ccc(Cl)cc32)cc1OC. The quantitative estimate of drug-likeness (QED) is 0.878. The molecule has 0 radical (unpaired) electrons. The molecule has 0 saturated carbocycles. The molecule has 1 amide bonds. The number of nitrogens with one attached hydrogen (secondary N) is 1. The van der Waals surface area contributed by atoms with Crippen molar-refractivity contribution in [3.05, 3.63) is 52.5 Å². The van der Waals surface area contributed by atoms with Gasteiger partial charge in [0.1, 0.15) is 0 Å². The molecule has 0 aliphatic carbocycles. The minimum atomic E-state index is -0.140. The van der Waals surface area contributed by atoms with E-state index in [0.29, 0.717) is 22.1 Å². The van der Waals surface area contributed by atoms with Crippen molar-refractivity contribution in [2.45, 2.75) is 17.4 Å². The highest BCUT2D eigenvalue weighted by atomic mass is 35.5. The number of methoxy groups -OCH3 is 2. The predicted octanol–water partition coefficient (Wildman–Crippen LogP) is 4.32. The fourth-order valence-corrected chi connectivity index (χ4v) is 4.02.